The topological polar surface area (TPSA) is 62.5 Å². The van der Waals surface area contributed by atoms with E-state index >= 15 is 0 Å². The first-order valence-electron chi connectivity index (χ1n) is 4.96. The first kappa shape index (κ1) is 9.91. The standard InChI is InChI=1S/C10H15NO3/c1-13-5-8(12)10(6-11)4-7-2-3-9(10)14-7/h7-9,12H,2-5H2,1H3. The smallest absolute Gasteiger partial charge is 0.114 e. The van der Waals surface area contributed by atoms with Crippen LogP contribution in [0.1, 0.15) is 19.3 Å². The van der Waals surface area contributed by atoms with Crippen molar-refractivity contribution in [3.63, 3.8) is 0 Å². The third-order valence-electron chi connectivity index (χ3n) is 3.37. The molecule has 1 N–H and O–H groups in total. The van der Waals surface area contributed by atoms with Gasteiger partial charge < -0.3 is 14.6 Å². The lowest BCUT2D eigenvalue weighted by molar-refractivity contribution is -0.0348. The van der Waals surface area contributed by atoms with Crippen molar-refractivity contribution >= 4 is 0 Å². The van der Waals surface area contributed by atoms with Crippen molar-refractivity contribution in [3.05, 3.63) is 0 Å². The molecule has 4 atom stereocenters. The molecule has 0 saturated carbocycles. The van der Waals surface area contributed by atoms with E-state index in [1.165, 1.54) is 7.11 Å². The van der Waals surface area contributed by atoms with Crippen LogP contribution in [-0.2, 0) is 9.47 Å². The van der Waals surface area contributed by atoms with Gasteiger partial charge in [0.05, 0.1) is 31.0 Å². The van der Waals surface area contributed by atoms with Crippen LogP contribution in [0.4, 0.5) is 0 Å². The van der Waals surface area contributed by atoms with Gasteiger partial charge in [0, 0.05) is 7.11 Å². The molecule has 2 rings (SSSR count). The number of methoxy groups -OCH3 is 1. The van der Waals surface area contributed by atoms with Crippen molar-refractivity contribution < 1.29 is 14.6 Å². The molecular formula is C10H15NO3. The summed E-state index contributed by atoms with van der Waals surface area (Å²) >= 11 is 0. The van der Waals surface area contributed by atoms with E-state index in [0.717, 1.165) is 12.8 Å². The van der Waals surface area contributed by atoms with Gasteiger partial charge in [0.15, 0.2) is 0 Å². The van der Waals surface area contributed by atoms with Crippen LogP contribution in [0.5, 0.6) is 0 Å². The minimum absolute atomic E-state index is 0.0948. The quantitative estimate of drug-likeness (QED) is 0.713. The fourth-order valence-corrected chi connectivity index (χ4v) is 2.59. The van der Waals surface area contributed by atoms with Gasteiger partial charge in [-0.1, -0.05) is 0 Å². The Bertz CT molecular complexity index is 263. The molecule has 2 fully saturated rings. The van der Waals surface area contributed by atoms with Crippen molar-refractivity contribution in [2.75, 3.05) is 13.7 Å². The normalized spacial score (nSPS) is 42.4. The molecule has 0 aromatic heterocycles. The van der Waals surface area contributed by atoms with Gasteiger partial charge in [-0.2, -0.15) is 5.26 Å². The maximum atomic E-state index is 9.89. The SMILES string of the molecule is COCC(O)C1(C#N)CC2CCC1O2. The Kier molecular flexibility index (Phi) is 2.48. The first-order valence-corrected chi connectivity index (χ1v) is 4.96. The van der Waals surface area contributed by atoms with E-state index in [9.17, 15) is 10.4 Å². The van der Waals surface area contributed by atoms with Crippen molar-refractivity contribution in [1.29, 1.82) is 5.26 Å². The Morgan fingerprint density at radius 1 is 1.71 bits per heavy atom. The highest BCUT2D eigenvalue weighted by Gasteiger charge is 2.56. The summed E-state index contributed by atoms with van der Waals surface area (Å²) in [5, 5.41) is 19.1. The number of nitrogens with zero attached hydrogens (tertiary/aromatic N) is 1. The van der Waals surface area contributed by atoms with E-state index < -0.39 is 11.5 Å². The lowest BCUT2D eigenvalue weighted by atomic mass is 9.71. The summed E-state index contributed by atoms with van der Waals surface area (Å²) in [4.78, 5) is 0. The van der Waals surface area contributed by atoms with Crippen LogP contribution in [0.3, 0.4) is 0 Å². The molecule has 2 aliphatic rings. The molecule has 0 spiro atoms. The zero-order valence-corrected chi connectivity index (χ0v) is 8.27. The molecule has 78 valence electrons. The number of fused-ring (bicyclic) bond motifs is 2. The van der Waals surface area contributed by atoms with Gasteiger partial charge in [-0.3, -0.25) is 0 Å². The minimum atomic E-state index is -0.729. The summed E-state index contributed by atoms with van der Waals surface area (Å²) < 4.78 is 10.5. The van der Waals surface area contributed by atoms with Crippen molar-refractivity contribution in [1.82, 2.24) is 0 Å². The Labute approximate surface area is 83.4 Å². The number of ether oxygens (including phenoxy) is 2. The summed E-state index contributed by atoms with van der Waals surface area (Å²) in [7, 11) is 1.53. The molecule has 4 nitrogen and oxygen atoms in total. The van der Waals surface area contributed by atoms with E-state index in [4.69, 9.17) is 9.47 Å². The molecule has 0 amide bonds. The Hall–Kier alpha value is -0.630. The highest BCUT2D eigenvalue weighted by atomic mass is 16.5. The van der Waals surface area contributed by atoms with Crippen LogP contribution in [-0.4, -0.2) is 37.1 Å². The average molecular weight is 197 g/mol. The number of hydrogen-bond acceptors (Lipinski definition) is 4. The van der Waals surface area contributed by atoms with Crippen molar-refractivity contribution in [2.45, 2.75) is 37.6 Å². The van der Waals surface area contributed by atoms with Crippen LogP contribution < -0.4 is 0 Å². The number of hydrogen-bond donors (Lipinski definition) is 1. The molecule has 0 aliphatic carbocycles. The minimum Gasteiger partial charge on any atom is -0.389 e. The van der Waals surface area contributed by atoms with Gasteiger partial charge in [0.25, 0.3) is 0 Å². The maximum absolute atomic E-state index is 9.89. The number of nitriles is 1. The highest BCUT2D eigenvalue weighted by Crippen LogP contribution is 2.49. The predicted octanol–water partition coefficient (Wildman–Crippen LogP) is 0.455. The van der Waals surface area contributed by atoms with Crippen LogP contribution in [0.25, 0.3) is 0 Å². The number of rotatable bonds is 3. The maximum Gasteiger partial charge on any atom is 0.114 e. The lowest BCUT2D eigenvalue weighted by Gasteiger charge is -2.32. The molecule has 2 bridgehead atoms. The fraction of sp³-hybridized carbons (Fsp3) is 0.900. The number of aliphatic hydroxyl groups is 1. The molecule has 4 unspecified atom stereocenters. The lowest BCUT2D eigenvalue weighted by Crippen LogP contribution is -2.44. The van der Waals surface area contributed by atoms with Crippen molar-refractivity contribution in [2.24, 2.45) is 5.41 Å². The van der Waals surface area contributed by atoms with Gasteiger partial charge in [0.2, 0.25) is 0 Å². The third-order valence-corrected chi connectivity index (χ3v) is 3.37. The van der Waals surface area contributed by atoms with E-state index in [1.54, 1.807) is 0 Å². The van der Waals surface area contributed by atoms with E-state index in [2.05, 4.69) is 6.07 Å². The highest BCUT2D eigenvalue weighted by molar-refractivity contribution is 5.15. The Morgan fingerprint density at radius 2 is 2.50 bits per heavy atom. The molecule has 14 heavy (non-hydrogen) atoms. The largest absolute Gasteiger partial charge is 0.389 e. The molecule has 0 aromatic rings. The Morgan fingerprint density at radius 3 is 2.93 bits per heavy atom. The van der Waals surface area contributed by atoms with Gasteiger partial charge in [-0.05, 0) is 19.3 Å². The van der Waals surface area contributed by atoms with E-state index in [-0.39, 0.29) is 18.8 Å². The van der Waals surface area contributed by atoms with Crippen LogP contribution in [0.2, 0.25) is 0 Å². The molecule has 0 radical (unpaired) electrons. The monoisotopic (exact) mass is 197 g/mol. The molecule has 0 aromatic carbocycles. The summed E-state index contributed by atoms with van der Waals surface area (Å²) in [6, 6.07) is 2.24. The summed E-state index contributed by atoms with van der Waals surface area (Å²) in [5.41, 5.74) is -0.723. The van der Waals surface area contributed by atoms with Gasteiger partial charge >= 0.3 is 0 Å². The van der Waals surface area contributed by atoms with Gasteiger partial charge in [-0.25, -0.2) is 0 Å². The molecule has 2 saturated heterocycles. The zero-order valence-electron chi connectivity index (χ0n) is 8.27. The second-order valence-corrected chi connectivity index (χ2v) is 4.15. The number of aliphatic hydroxyl groups excluding tert-OH is 1. The predicted molar refractivity (Wildman–Crippen MR) is 48.4 cm³/mol. The molecular weight excluding hydrogens is 182 g/mol. The molecule has 2 heterocycles. The van der Waals surface area contributed by atoms with E-state index in [1.807, 2.05) is 0 Å². The Balaban J connectivity index is 2.15. The molecule has 4 heteroatoms. The van der Waals surface area contributed by atoms with Crippen LogP contribution in [0.15, 0.2) is 0 Å². The van der Waals surface area contributed by atoms with Crippen molar-refractivity contribution in [3.8, 4) is 6.07 Å². The second-order valence-electron chi connectivity index (χ2n) is 4.15. The van der Waals surface area contributed by atoms with E-state index in [0.29, 0.717) is 6.42 Å². The second kappa shape index (κ2) is 3.50. The zero-order chi connectivity index (χ0) is 10.2. The first-order chi connectivity index (χ1) is 6.73. The van der Waals surface area contributed by atoms with Crippen LogP contribution >= 0.6 is 0 Å². The average Bonchev–Trinajstić information content (AvgIpc) is 2.77. The summed E-state index contributed by atoms with van der Waals surface area (Å²) in [6.45, 7) is 0.208. The molecule has 2 aliphatic heterocycles. The summed E-state index contributed by atoms with van der Waals surface area (Å²) in [5.74, 6) is 0. The fourth-order valence-electron chi connectivity index (χ4n) is 2.59. The third kappa shape index (κ3) is 1.24. The summed E-state index contributed by atoms with van der Waals surface area (Å²) in [6.07, 6.45) is 1.91. The van der Waals surface area contributed by atoms with Gasteiger partial charge in [0.1, 0.15) is 5.41 Å². The van der Waals surface area contributed by atoms with Gasteiger partial charge in [-0.15, -0.1) is 0 Å². The van der Waals surface area contributed by atoms with Crippen LogP contribution in [0, 0.1) is 16.7 Å².